The fourth-order valence-corrected chi connectivity index (χ4v) is 2.40. The Bertz CT molecular complexity index is 669. The number of nitrogen functional groups attached to an aromatic ring is 1. The molecule has 5 nitrogen and oxygen atoms in total. The number of anilines is 1. The number of benzene rings is 1. The summed E-state index contributed by atoms with van der Waals surface area (Å²) < 4.78 is 7.50. The van der Waals surface area contributed by atoms with Crippen molar-refractivity contribution >= 4 is 27.7 Å². The van der Waals surface area contributed by atoms with E-state index in [1.54, 1.807) is 11.5 Å². The first-order valence-corrected chi connectivity index (χ1v) is 6.86. The third kappa shape index (κ3) is 2.31. The molecule has 0 spiro atoms. The van der Waals surface area contributed by atoms with Crippen LogP contribution in [0.2, 0.25) is 0 Å². The van der Waals surface area contributed by atoms with E-state index in [-0.39, 0.29) is 11.5 Å². The molecule has 2 aromatic rings. The van der Waals surface area contributed by atoms with Crippen LogP contribution in [0, 0.1) is 20.8 Å². The highest BCUT2D eigenvalue weighted by atomic mass is 79.9. The smallest absolute Gasteiger partial charge is 0.360 e. The predicted molar refractivity (Wildman–Crippen MR) is 81.2 cm³/mol. The lowest BCUT2D eigenvalue weighted by molar-refractivity contribution is 0.0596. The van der Waals surface area contributed by atoms with Crippen LogP contribution in [0.25, 0.3) is 5.69 Å². The number of carbonyl (C=O) groups is 1. The van der Waals surface area contributed by atoms with Gasteiger partial charge in [0, 0.05) is 10.2 Å². The van der Waals surface area contributed by atoms with Crippen molar-refractivity contribution in [3.63, 3.8) is 0 Å². The van der Waals surface area contributed by atoms with Gasteiger partial charge < -0.3 is 10.5 Å². The van der Waals surface area contributed by atoms with Crippen LogP contribution in [0.1, 0.15) is 27.4 Å². The molecular weight excluding hydrogens is 322 g/mol. The maximum atomic E-state index is 11.6. The van der Waals surface area contributed by atoms with Gasteiger partial charge in [0.05, 0.1) is 7.11 Å². The molecule has 0 aliphatic carbocycles. The minimum absolute atomic E-state index is 0.142. The van der Waals surface area contributed by atoms with Crippen LogP contribution >= 0.6 is 15.9 Å². The summed E-state index contributed by atoms with van der Waals surface area (Å²) in [4.78, 5) is 15.8. The summed E-state index contributed by atoms with van der Waals surface area (Å²) in [6.07, 6.45) is 0. The van der Waals surface area contributed by atoms with Gasteiger partial charge in [-0.15, -0.1) is 0 Å². The second kappa shape index (κ2) is 5.28. The number of hydrogen-bond donors (Lipinski definition) is 1. The van der Waals surface area contributed by atoms with E-state index in [9.17, 15) is 4.79 Å². The highest BCUT2D eigenvalue weighted by Crippen LogP contribution is 2.27. The molecule has 6 heteroatoms. The van der Waals surface area contributed by atoms with Crippen LogP contribution in [-0.4, -0.2) is 22.6 Å². The molecule has 0 fully saturated rings. The molecule has 0 aliphatic heterocycles. The summed E-state index contributed by atoms with van der Waals surface area (Å²) in [5, 5.41) is 0. The summed E-state index contributed by atoms with van der Waals surface area (Å²) in [5.74, 6) is 0.398. The normalized spacial score (nSPS) is 10.7. The summed E-state index contributed by atoms with van der Waals surface area (Å²) in [7, 11) is 1.31. The number of nitrogens with zero attached hydrogens (tertiary/aromatic N) is 2. The van der Waals surface area contributed by atoms with Crippen molar-refractivity contribution in [3.8, 4) is 5.69 Å². The summed E-state index contributed by atoms with van der Waals surface area (Å²) in [6.45, 7) is 5.81. The molecular formula is C14H16BrN3O2. The molecule has 1 aromatic carbocycles. The van der Waals surface area contributed by atoms with E-state index in [2.05, 4.69) is 25.7 Å². The van der Waals surface area contributed by atoms with Crippen LogP contribution in [-0.2, 0) is 4.74 Å². The van der Waals surface area contributed by atoms with Crippen molar-refractivity contribution in [2.45, 2.75) is 20.8 Å². The number of nitrogens with two attached hydrogens (primary N) is 1. The largest absolute Gasteiger partial charge is 0.464 e. The van der Waals surface area contributed by atoms with E-state index in [0.717, 1.165) is 21.3 Å². The lowest BCUT2D eigenvalue weighted by Gasteiger charge is -2.12. The van der Waals surface area contributed by atoms with Crippen molar-refractivity contribution < 1.29 is 9.53 Å². The quantitative estimate of drug-likeness (QED) is 0.855. The minimum atomic E-state index is -0.532. The van der Waals surface area contributed by atoms with Crippen molar-refractivity contribution in [1.29, 1.82) is 0 Å². The zero-order valence-electron chi connectivity index (χ0n) is 11.8. The van der Waals surface area contributed by atoms with Gasteiger partial charge >= 0.3 is 5.97 Å². The van der Waals surface area contributed by atoms with Crippen LogP contribution < -0.4 is 5.73 Å². The van der Waals surface area contributed by atoms with Crippen LogP contribution in [0.4, 0.5) is 5.82 Å². The number of aromatic nitrogens is 2. The Labute approximate surface area is 125 Å². The molecule has 1 aromatic heterocycles. The highest BCUT2D eigenvalue weighted by molar-refractivity contribution is 9.10. The van der Waals surface area contributed by atoms with Crippen LogP contribution in [0.3, 0.4) is 0 Å². The third-order valence-corrected chi connectivity index (χ3v) is 4.39. The number of imidazole rings is 1. The van der Waals surface area contributed by atoms with Crippen molar-refractivity contribution in [2.24, 2.45) is 0 Å². The first-order chi connectivity index (χ1) is 9.36. The average molecular weight is 338 g/mol. The molecule has 0 unspecified atom stereocenters. The summed E-state index contributed by atoms with van der Waals surface area (Å²) in [6, 6.07) is 3.98. The second-order valence-electron chi connectivity index (χ2n) is 4.61. The van der Waals surface area contributed by atoms with Crippen LogP contribution in [0.5, 0.6) is 0 Å². The standard InChI is InChI=1S/C14H16BrN3O2/c1-7-5-10(6-8(2)11(7)15)18-9(3)17-12(13(18)16)14(19)20-4/h5-6H,16H2,1-4H3. The highest BCUT2D eigenvalue weighted by Gasteiger charge is 2.20. The Morgan fingerprint density at radius 1 is 1.30 bits per heavy atom. The Morgan fingerprint density at radius 3 is 2.35 bits per heavy atom. The molecule has 0 saturated carbocycles. The minimum Gasteiger partial charge on any atom is -0.464 e. The number of carbonyl (C=O) groups excluding carboxylic acids is 1. The van der Waals surface area contributed by atoms with E-state index < -0.39 is 5.97 Å². The Balaban J connectivity index is 2.65. The van der Waals surface area contributed by atoms with E-state index in [1.165, 1.54) is 7.11 Å². The van der Waals surface area contributed by atoms with Gasteiger partial charge in [-0.25, -0.2) is 9.78 Å². The molecule has 2 N–H and O–H groups in total. The van der Waals surface area contributed by atoms with Gasteiger partial charge in [0.1, 0.15) is 11.6 Å². The first-order valence-electron chi connectivity index (χ1n) is 6.07. The maximum absolute atomic E-state index is 11.6. The zero-order chi connectivity index (χ0) is 15.0. The van der Waals surface area contributed by atoms with Crippen molar-refractivity contribution in [1.82, 2.24) is 9.55 Å². The maximum Gasteiger partial charge on any atom is 0.360 e. The van der Waals surface area contributed by atoms with Gasteiger partial charge in [0.15, 0.2) is 5.69 Å². The molecule has 0 saturated heterocycles. The number of hydrogen-bond acceptors (Lipinski definition) is 4. The average Bonchev–Trinajstić information content (AvgIpc) is 2.70. The molecule has 106 valence electrons. The zero-order valence-corrected chi connectivity index (χ0v) is 13.4. The Morgan fingerprint density at radius 2 is 1.85 bits per heavy atom. The van der Waals surface area contributed by atoms with Crippen LogP contribution in [0.15, 0.2) is 16.6 Å². The topological polar surface area (TPSA) is 70.1 Å². The number of methoxy groups -OCH3 is 1. The second-order valence-corrected chi connectivity index (χ2v) is 5.41. The SMILES string of the molecule is COC(=O)c1nc(C)n(-c2cc(C)c(Br)c(C)c2)c1N. The Kier molecular flexibility index (Phi) is 3.85. The number of halogens is 1. The molecule has 0 atom stereocenters. The van der Waals surface area contributed by atoms with E-state index in [0.29, 0.717) is 5.82 Å². The molecule has 2 rings (SSSR count). The van der Waals surface area contributed by atoms with Crippen molar-refractivity contribution in [2.75, 3.05) is 12.8 Å². The monoisotopic (exact) mass is 337 g/mol. The van der Waals surface area contributed by atoms with Gasteiger partial charge in [0.25, 0.3) is 0 Å². The number of aryl methyl sites for hydroxylation is 3. The molecule has 0 radical (unpaired) electrons. The molecule has 0 aliphatic rings. The summed E-state index contributed by atoms with van der Waals surface area (Å²) >= 11 is 3.53. The van der Waals surface area contributed by atoms with Gasteiger partial charge in [-0.2, -0.15) is 0 Å². The summed E-state index contributed by atoms with van der Waals surface area (Å²) in [5.41, 5.74) is 9.24. The van der Waals surface area contributed by atoms with Gasteiger partial charge in [-0.05, 0) is 44.0 Å². The number of ether oxygens (including phenoxy) is 1. The third-order valence-electron chi connectivity index (χ3n) is 3.14. The first kappa shape index (κ1) is 14.6. The number of rotatable bonds is 2. The van der Waals surface area contributed by atoms with Gasteiger partial charge in [0.2, 0.25) is 0 Å². The fraction of sp³-hybridized carbons (Fsp3) is 0.286. The lowest BCUT2D eigenvalue weighted by Crippen LogP contribution is -2.08. The molecule has 0 bridgehead atoms. The van der Waals surface area contributed by atoms with E-state index >= 15 is 0 Å². The fourth-order valence-electron chi connectivity index (χ4n) is 2.17. The van der Waals surface area contributed by atoms with Gasteiger partial charge in [-0.3, -0.25) is 4.57 Å². The Hall–Kier alpha value is -1.82. The molecule has 1 heterocycles. The molecule has 0 amide bonds. The van der Waals surface area contributed by atoms with E-state index in [1.807, 2.05) is 26.0 Å². The lowest BCUT2D eigenvalue weighted by atomic mass is 10.1. The molecule has 20 heavy (non-hydrogen) atoms. The van der Waals surface area contributed by atoms with E-state index in [4.69, 9.17) is 5.73 Å². The predicted octanol–water partition coefficient (Wildman–Crippen LogP) is 2.93. The van der Waals surface area contributed by atoms with Gasteiger partial charge in [-0.1, -0.05) is 15.9 Å². The number of esters is 1. The van der Waals surface area contributed by atoms with Crippen molar-refractivity contribution in [3.05, 3.63) is 39.3 Å².